The van der Waals surface area contributed by atoms with Crippen molar-refractivity contribution in [1.82, 2.24) is 19.9 Å². The zero-order valence-corrected chi connectivity index (χ0v) is 31.5. The van der Waals surface area contributed by atoms with Gasteiger partial charge in [0, 0.05) is 51.0 Å². The molecule has 52 heavy (non-hydrogen) atoms. The van der Waals surface area contributed by atoms with Gasteiger partial charge in [0.1, 0.15) is 18.3 Å². The van der Waals surface area contributed by atoms with Crippen molar-refractivity contribution in [1.29, 1.82) is 0 Å². The molecule has 0 fully saturated rings. The van der Waals surface area contributed by atoms with E-state index in [1.165, 1.54) is 12.7 Å². The fourth-order valence-electron chi connectivity index (χ4n) is 7.92. The number of aromatic nitrogens is 4. The van der Waals surface area contributed by atoms with Crippen LogP contribution in [0.15, 0.2) is 29.8 Å². The van der Waals surface area contributed by atoms with Crippen molar-refractivity contribution < 1.29 is 29.3 Å². The van der Waals surface area contributed by atoms with Gasteiger partial charge in [0.25, 0.3) is 0 Å². The highest BCUT2D eigenvalue weighted by Crippen LogP contribution is 2.46. The Morgan fingerprint density at radius 3 is 2.40 bits per heavy atom. The van der Waals surface area contributed by atoms with Crippen LogP contribution in [0.5, 0.6) is 0 Å². The minimum atomic E-state index is -1.09. The largest absolute Gasteiger partial charge is 0.515 e. The van der Waals surface area contributed by atoms with E-state index in [2.05, 4.69) is 44.6 Å². The van der Waals surface area contributed by atoms with Crippen LogP contribution in [0.25, 0.3) is 45.2 Å². The number of H-pyrrole nitrogens is 2. The first-order chi connectivity index (χ1) is 24.9. The number of carbonyl (C=O) groups excluding carboxylic acids is 2. The van der Waals surface area contributed by atoms with Crippen molar-refractivity contribution >= 4 is 57.2 Å². The third-order valence-corrected chi connectivity index (χ3v) is 11.1. The number of aliphatic hydroxyl groups excluding tert-OH is 2. The summed E-state index contributed by atoms with van der Waals surface area (Å²) in [4.78, 5) is 43.8. The van der Waals surface area contributed by atoms with Crippen LogP contribution in [-0.4, -0.2) is 55.8 Å². The molecule has 0 saturated carbocycles. The SMILES string of the molecule is CCCC/C(C)=C\COC(=O)CC[C@@H]1c2nc(cc3[nH]c(cc4nc(cc5[nH]c6c2[C@@H](C(=O)OC)C(O)=c6c5C)C(CC)=C4C)c(=CO)c3C)[C@H]1C. The maximum atomic E-state index is 13.5. The van der Waals surface area contributed by atoms with Gasteiger partial charge in [-0.05, 0) is 99.9 Å². The topological polar surface area (TPSA) is 150 Å². The van der Waals surface area contributed by atoms with Crippen LogP contribution < -0.4 is 10.4 Å². The summed E-state index contributed by atoms with van der Waals surface area (Å²) in [7, 11) is 1.31. The molecule has 4 N–H and O–H groups in total. The van der Waals surface area contributed by atoms with E-state index in [4.69, 9.17) is 19.4 Å². The van der Waals surface area contributed by atoms with E-state index in [1.807, 2.05) is 38.1 Å². The third kappa shape index (κ3) is 6.44. The number of allylic oxidation sites excluding steroid dienone is 3. The molecule has 3 aromatic rings. The summed E-state index contributed by atoms with van der Waals surface area (Å²) in [5.41, 5.74) is 11.3. The van der Waals surface area contributed by atoms with Crippen molar-refractivity contribution in [2.24, 2.45) is 0 Å². The van der Waals surface area contributed by atoms with Gasteiger partial charge in [-0.25, -0.2) is 4.98 Å². The van der Waals surface area contributed by atoms with Gasteiger partial charge in [0.05, 0.1) is 41.5 Å². The molecule has 0 unspecified atom stereocenters. The second-order valence-electron chi connectivity index (χ2n) is 14.3. The third-order valence-electron chi connectivity index (χ3n) is 11.1. The molecule has 3 aromatic heterocycles. The molecule has 2 aliphatic heterocycles. The number of unbranched alkanes of at least 4 members (excludes halogenated alkanes) is 1. The molecule has 0 radical (unpaired) electrons. The molecule has 8 bridgehead atoms. The lowest BCUT2D eigenvalue weighted by atomic mass is 9.84. The molecule has 0 saturated heterocycles. The van der Waals surface area contributed by atoms with E-state index in [1.54, 1.807) is 0 Å². The molecule has 3 aliphatic rings. The quantitative estimate of drug-likeness (QED) is 0.123. The number of esters is 2. The summed E-state index contributed by atoms with van der Waals surface area (Å²) < 4.78 is 10.9. The predicted molar refractivity (Wildman–Crippen MR) is 205 cm³/mol. The van der Waals surface area contributed by atoms with E-state index < -0.39 is 11.9 Å². The minimum absolute atomic E-state index is 0.0908. The first-order valence-electron chi connectivity index (χ1n) is 18.3. The number of nitrogens with zero attached hydrogens (tertiary/aromatic N) is 2. The highest BCUT2D eigenvalue weighted by Gasteiger charge is 2.41. The lowest BCUT2D eigenvalue weighted by Crippen LogP contribution is -2.18. The van der Waals surface area contributed by atoms with Gasteiger partial charge >= 0.3 is 11.9 Å². The lowest BCUT2D eigenvalue weighted by molar-refractivity contribution is -0.143. The summed E-state index contributed by atoms with van der Waals surface area (Å²) in [5.74, 6) is -2.54. The predicted octanol–water partition coefficient (Wildman–Crippen LogP) is 7.85. The van der Waals surface area contributed by atoms with Gasteiger partial charge in [-0.15, -0.1) is 0 Å². The number of hydrogen-bond acceptors (Lipinski definition) is 8. The number of aliphatic hydroxyl groups is 2. The molecule has 10 heteroatoms. The van der Waals surface area contributed by atoms with Gasteiger partial charge in [0.15, 0.2) is 0 Å². The minimum Gasteiger partial charge on any atom is -0.515 e. The molecular weight excluding hydrogens is 656 g/mol. The van der Waals surface area contributed by atoms with Crippen LogP contribution in [0.2, 0.25) is 0 Å². The zero-order chi connectivity index (χ0) is 37.4. The van der Waals surface area contributed by atoms with E-state index in [9.17, 15) is 19.8 Å². The number of aromatic amines is 2. The molecule has 10 nitrogen and oxygen atoms in total. The number of ether oxygens (including phenoxy) is 2. The highest BCUT2D eigenvalue weighted by atomic mass is 16.5. The molecule has 274 valence electrons. The summed E-state index contributed by atoms with van der Waals surface area (Å²) in [6, 6.07) is 5.92. The molecule has 3 atom stereocenters. The van der Waals surface area contributed by atoms with Gasteiger partial charge in [0.2, 0.25) is 0 Å². The number of aryl methyl sites for hydroxylation is 2. The number of carbonyl (C=O) groups is 2. The smallest absolute Gasteiger partial charge is 0.321 e. The Hall–Kier alpha value is -5.12. The average Bonchev–Trinajstić information content (AvgIpc) is 3.86. The first kappa shape index (κ1) is 36.7. The molecule has 5 heterocycles. The standard InChI is InChI=1S/C42H50N4O6/c1-9-11-12-21(3)15-16-52-35(48)14-13-27-23(5)31-17-29-24(6)28(20-47)34(44-29)18-30-22(4)26(10-2)33(43-30)19-32-25(7)36-40(46-32)37(39(27)45-31)38(41(36)49)42(50)51-8/h15,17-20,23,27,38,44,46-47,49H,9-14,16H2,1-8H3/b21-15-,28-20?,31-17?,33-19?,34-18?/t23-,27-,38+/m0/s1. The van der Waals surface area contributed by atoms with E-state index in [0.717, 1.165) is 87.9 Å². The number of rotatable bonds is 10. The second-order valence-corrected chi connectivity index (χ2v) is 14.3. The Labute approximate surface area is 304 Å². The Balaban J connectivity index is 1.59. The Morgan fingerprint density at radius 2 is 1.71 bits per heavy atom. The molecular formula is C42H50N4O6. The van der Waals surface area contributed by atoms with E-state index in [-0.39, 0.29) is 36.6 Å². The second kappa shape index (κ2) is 14.9. The van der Waals surface area contributed by atoms with Crippen molar-refractivity contribution in [2.75, 3.05) is 13.7 Å². The van der Waals surface area contributed by atoms with Crippen LogP contribution in [0.4, 0.5) is 0 Å². The van der Waals surface area contributed by atoms with Crippen molar-refractivity contribution in [3.8, 4) is 0 Å². The number of methoxy groups -OCH3 is 1. The molecule has 0 aromatic carbocycles. The fraction of sp³-hybridized carbons (Fsp3) is 0.429. The number of nitrogens with one attached hydrogen (secondary N) is 2. The normalized spacial score (nSPS) is 18.8. The summed E-state index contributed by atoms with van der Waals surface area (Å²) in [6.45, 7) is 14.5. The van der Waals surface area contributed by atoms with Crippen LogP contribution in [0.1, 0.15) is 130 Å². The lowest BCUT2D eigenvalue weighted by Gasteiger charge is -2.19. The van der Waals surface area contributed by atoms with Crippen LogP contribution >= 0.6 is 0 Å². The van der Waals surface area contributed by atoms with Crippen molar-refractivity contribution in [2.45, 2.75) is 105 Å². The average molecular weight is 707 g/mol. The van der Waals surface area contributed by atoms with Crippen LogP contribution in [-0.2, 0) is 19.1 Å². The molecule has 6 rings (SSSR count). The highest BCUT2D eigenvalue weighted by molar-refractivity contribution is 5.97. The van der Waals surface area contributed by atoms with E-state index >= 15 is 0 Å². The van der Waals surface area contributed by atoms with Gasteiger partial charge < -0.3 is 29.7 Å². The summed E-state index contributed by atoms with van der Waals surface area (Å²) in [6.07, 6.45) is 7.58. The molecule has 1 aliphatic carbocycles. The number of hydrogen-bond donors (Lipinski definition) is 4. The molecule has 0 amide bonds. The Morgan fingerprint density at radius 1 is 0.981 bits per heavy atom. The Kier molecular flexibility index (Phi) is 10.5. The maximum Gasteiger partial charge on any atom is 0.321 e. The Bertz CT molecular complexity index is 2310. The van der Waals surface area contributed by atoms with Gasteiger partial charge in [-0.2, -0.15) is 0 Å². The number of fused-ring (bicyclic) bond motifs is 8. The zero-order valence-electron chi connectivity index (χ0n) is 31.5. The van der Waals surface area contributed by atoms with Crippen LogP contribution in [0, 0.1) is 13.8 Å². The van der Waals surface area contributed by atoms with Crippen molar-refractivity contribution in [3.63, 3.8) is 0 Å². The monoisotopic (exact) mass is 706 g/mol. The van der Waals surface area contributed by atoms with E-state index in [0.29, 0.717) is 33.6 Å². The van der Waals surface area contributed by atoms with Crippen molar-refractivity contribution in [3.05, 3.63) is 79.8 Å². The van der Waals surface area contributed by atoms with Crippen LogP contribution in [0.3, 0.4) is 0 Å². The molecule has 0 spiro atoms. The van der Waals surface area contributed by atoms with Gasteiger partial charge in [-0.1, -0.05) is 32.8 Å². The maximum absolute atomic E-state index is 13.5. The first-order valence-corrected chi connectivity index (χ1v) is 18.3. The summed E-state index contributed by atoms with van der Waals surface area (Å²) >= 11 is 0. The summed E-state index contributed by atoms with van der Waals surface area (Å²) in [5, 5.41) is 23.4. The van der Waals surface area contributed by atoms with Gasteiger partial charge in [-0.3, -0.25) is 14.6 Å². The fourth-order valence-corrected chi connectivity index (χ4v) is 7.92.